The number of rotatable bonds is 9. The number of hydrogen-bond donors (Lipinski definition) is 2. The second-order valence-corrected chi connectivity index (χ2v) is 7.01. The molecule has 3 aromatic carbocycles. The molecule has 0 spiro atoms. The molecule has 0 bridgehead atoms. The molecular formula is C26H25N3O6. The van der Waals surface area contributed by atoms with Gasteiger partial charge in [-0.3, -0.25) is 9.59 Å². The van der Waals surface area contributed by atoms with E-state index in [1.165, 1.54) is 6.21 Å². The molecule has 2 amide bonds. The smallest absolute Gasteiger partial charge is 0.343 e. The van der Waals surface area contributed by atoms with E-state index >= 15 is 0 Å². The van der Waals surface area contributed by atoms with Crippen LogP contribution in [0, 0.1) is 0 Å². The van der Waals surface area contributed by atoms with Gasteiger partial charge in [-0.1, -0.05) is 18.2 Å². The van der Waals surface area contributed by atoms with Crippen LogP contribution in [0.15, 0.2) is 77.9 Å². The molecule has 0 atom stereocenters. The third-order valence-corrected chi connectivity index (χ3v) is 4.49. The Morgan fingerprint density at radius 2 is 1.54 bits per heavy atom. The van der Waals surface area contributed by atoms with Gasteiger partial charge in [0.25, 0.3) is 0 Å². The minimum atomic E-state index is -0.937. The lowest BCUT2D eigenvalue weighted by atomic mass is 10.2. The molecule has 0 aliphatic rings. The lowest BCUT2D eigenvalue weighted by molar-refractivity contribution is -0.136. The summed E-state index contributed by atoms with van der Waals surface area (Å²) in [6.07, 6.45) is 1.34. The number of ether oxygens (including phenoxy) is 3. The lowest BCUT2D eigenvalue weighted by Gasteiger charge is -2.11. The molecule has 3 rings (SSSR count). The topological polar surface area (TPSA) is 115 Å². The number of carbonyl (C=O) groups is 3. The third-order valence-electron chi connectivity index (χ3n) is 4.49. The van der Waals surface area contributed by atoms with E-state index in [9.17, 15) is 14.4 Å². The molecule has 0 saturated carbocycles. The fourth-order valence-electron chi connectivity index (χ4n) is 2.90. The van der Waals surface area contributed by atoms with Crippen LogP contribution < -0.4 is 25.0 Å². The molecule has 9 heteroatoms. The van der Waals surface area contributed by atoms with Crippen LogP contribution in [0.2, 0.25) is 0 Å². The largest absolute Gasteiger partial charge is 0.494 e. The van der Waals surface area contributed by atoms with E-state index in [1.807, 2.05) is 6.92 Å². The van der Waals surface area contributed by atoms with Crippen molar-refractivity contribution < 1.29 is 28.6 Å². The van der Waals surface area contributed by atoms with Gasteiger partial charge in [0.05, 0.1) is 25.0 Å². The number of carbonyl (C=O) groups excluding carboxylic acids is 3. The lowest BCUT2D eigenvalue weighted by Crippen LogP contribution is -2.32. The van der Waals surface area contributed by atoms with Crippen LogP contribution in [0.3, 0.4) is 0 Å². The first-order chi connectivity index (χ1) is 17.0. The normalized spacial score (nSPS) is 10.5. The van der Waals surface area contributed by atoms with E-state index in [0.717, 1.165) is 0 Å². The first kappa shape index (κ1) is 25.0. The van der Waals surface area contributed by atoms with Gasteiger partial charge in [0.1, 0.15) is 5.75 Å². The first-order valence-electron chi connectivity index (χ1n) is 10.9. The van der Waals surface area contributed by atoms with Crippen LogP contribution in [-0.2, 0) is 9.59 Å². The Bertz CT molecular complexity index is 1190. The molecule has 0 aliphatic heterocycles. The highest BCUT2D eigenvalue weighted by Crippen LogP contribution is 2.29. The highest BCUT2D eigenvalue weighted by atomic mass is 16.6. The molecule has 0 unspecified atom stereocenters. The average molecular weight is 476 g/mol. The minimum Gasteiger partial charge on any atom is -0.494 e. The highest BCUT2D eigenvalue weighted by Gasteiger charge is 2.14. The Morgan fingerprint density at radius 3 is 2.23 bits per heavy atom. The van der Waals surface area contributed by atoms with Gasteiger partial charge in [0.15, 0.2) is 11.5 Å². The second kappa shape index (κ2) is 12.5. The first-order valence-corrected chi connectivity index (χ1v) is 10.9. The number of benzene rings is 3. The van der Waals surface area contributed by atoms with Gasteiger partial charge >= 0.3 is 17.8 Å². The van der Waals surface area contributed by atoms with Gasteiger partial charge in [-0.15, -0.1) is 0 Å². The Hall–Kier alpha value is -4.66. The zero-order valence-electron chi connectivity index (χ0n) is 19.3. The van der Waals surface area contributed by atoms with E-state index < -0.39 is 17.8 Å². The fraction of sp³-hybridized carbons (Fsp3) is 0.154. The summed E-state index contributed by atoms with van der Waals surface area (Å²) >= 11 is 0. The zero-order chi connectivity index (χ0) is 25.0. The maximum atomic E-state index is 12.3. The number of hydrogen-bond acceptors (Lipinski definition) is 7. The molecule has 9 nitrogen and oxygen atoms in total. The molecule has 0 aromatic heterocycles. The standard InChI is InChI=1S/C26H25N3O6/c1-3-33-21-13-11-20(12-14-21)28-24(30)25(31)29-27-17-18-10-15-22(23(16-18)34-4-2)35-26(32)19-8-6-5-7-9-19/h5-17H,3-4H2,1-2H3,(H,28,30)(H,29,31). The van der Waals surface area contributed by atoms with Crippen molar-refractivity contribution in [2.75, 3.05) is 18.5 Å². The maximum Gasteiger partial charge on any atom is 0.343 e. The van der Waals surface area contributed by atoms with Gasteiger partial charge in [0.2, 0.25) is 0 Å². The highest BCUT2D eigenvalue weighted by molar-refractivity contribution is 6.39. The second-order valence-electron chi connectivity index (χ2n) is 7.01. The van der Waals surface area contributed by atoms with Crippen molar-refractivity contribution in [3.05, 3.63) is 83.9 Å². The summed E-state index contributed by atoms with van der Waals surface area (Å²) in [4.78, 5) is 36.5. The van der Waals surface area contributed by atoms with Crippen LogP contribution in [0.5, 0.6) is 17.2 Å². The average Bonchev–Trinajstić information content (AvgIpc) is 2.87. The van der Waals surface area contributed by atoms with Crippen molar-refractivity contribution in [2.45, 2.75) is 13.8 Å². The number of nitrogens with one attached hydrogen (secondary N) is 2. The molecule has 0 radical (unpaired) electrons. The molecule has 0 fully saturated rings. The number of esters is 1. The summed E-state index contributed by atoms with van der Waals surface area (Å²) < 4.78 is 16.4. The Morgan fingerprint density at radius 1 is 0.829 bits per heavy atom. The Balaban J connectivity index is 1.59. The van der Waals surface area contributed by atoms with Crippen molar-refractivity contribution in [2.24, 2.45) is 5.10 Å². The summed E-state index contributed by atoms with van der Waals surface area (Å²) in [6.45, 7) is 4.54. The molecule has 35 heavy (non-hydrogen) atoms. The van der Waals surface area contributed by atoms with E-state index in [0.29, 0.717) is 41.5 Å². The van der Waals surface area contributed by atoms with Crippen molar-refractivity contribution in [1.82, 2.24) is 5.43 Å². The molecular weight excluding hydrogens is 450 g/mol. The van der Waals surface area contributed by atoms with E-state index in [-0.39, 0.29) is 5.75 Å². The quantitative estimate of drug-likeness (QED) is 0.160. The van der Waals surface area contributed by atoms with Crippen molar-refractivity contribution >= 4 is 29.7 Å². The Labute approximate surface area is 202 Å². The van der Waals surface area contributed by atoms with E-state index in [4.69, 9.17) is 14.2 Å². The van der Waals surface area contributed by atoms with Gasteiger partial charge in [0, 0.05) is 5.69 Å². The van der Waals surface area contributed by atoms with Crippen molar-refractivity contribution in [1.29, 1.82) is 0 Å². The van der Waals surface area contributed by atoms with Crippen LogP contribution >= 0.6 is 0 Å². The van der Waals surface area contributed by atoms with Crippen LogP contribution in [0.25, 0.3) is 0 Å². The summed E-state index contributed by atoms with van der Waals surface area (Å²) in [5.74, 6) is -1.08. The van der Waals surface area contributed by atoms with Gasteiger partial charge in [-0.2, -0.15) is 5.10 Å². The van der Waals surface area contributed by atoms with Gasteiger partial charge in [-0.05, 0) is 74.0 Å². The van der Waals surface area contributed by atoms with E-state index in [2.05, 4.69) is 15.8 Å². The monoisotopic (exact) mass is 475 g/mol. The van der Waals surface area contributed by atoms with Gasteiger partial charge < -0.3 is 19.5 Å². The number of amides is 2. The zero-order valence-corrected chi connectivity index (χ0v) is 19.3. The molecule has 180 valence electrons. The molecule has 0 heterocycles. The van der Waals surface area contributed by atoms with Crippen molar-refractivity contribution in [3.63, 3.8) is 0 Å². The third kappa shape index (κ3) is 7.43. The fourth-order valence-corrected chi connectivity index (χ4v) is 2.90. The number of hydrazone groups is 1. The molecule has 2 N–H and O–H groups in total. The molecule has 3 aromatic rings. The predicted molar refractivity (Wildman–Crippen MR) is 131 cm³/mol. The predicted octanol–water partition coefficient (Wildman–Crippen LogP) is 3.79. The Kier molecular flexibility index (Phi) is 8.95. The number of anilines is 1. The molecule has 0 saturated heterocycles. The maximum absolute atomic E-state index is 12.3. The van der Waals surface area contributed by atoms with Crippen LogP contribution in [0.4, 0.5) is 5.69 Å². The summed E-state index contributed by atoms with van der Waals surface area (Å²) in [6, 6.07) is 20.0. The summed E-state index contributed by atoms with van der Waals surface area (Å²) in [7, 11) is 0. The van der Waals surface area contributed by atoms with Gasteiger partial charge in [-0.25, -0.2) is 10.2 Å². The summed E-state index contributed by atoms with van der Waals surface area (Å²) in [5, 5.41) is 6.29. The molecule has 0 aliphatic carbocycles. The minimum absolute atomic E-state index is 0.247. The van der Waals surface area contributed by atoms with Crippen molar-refractivity contribution in [3.8, 4) is 17.2 Å². The number of nitrogens with zero attached hydrogens (tertiary/aromatic N) is 1. The van der Waals surface area contributed by atoms with Crippen LogP contribution in [0.1, 0.15) is 29.8 Å². The SMILES string of the molecule is CCOc1ccc(NC(=O)C(=O)NN=Cc2ccc(OC(=O)c3ccccc3)c(OCC)c2)cc1. The van der Waals surface area contributed by atoms with Crippen LogP contribution in [-0.4, -0.2) is 37.2 Å². The van der Waals surface area contributed by atoms with E-state index in [1.54, 1.807) is 79.7 Å². The summed E-state index contributed by atoms with van der Waals surface area (Å²) in [5.41, 5.74) is 3.58.